The minimum absolute atomic E-state index is 0.197. The van der Waals surface area contributed by atoms with Crippen LogP contribution in [-0.4, -0.2) is 38.6 Å². The van der Waals surface area contributed by atoms with E-state index in [4.69, 9.17) is 4.42 Å². The predicted molar refractivity (Wildman–Crippen MR) is 98.7 cm³/mol. The normalized spacial score (nSPS) is 17.2. The number of carbonyl (C=O) groups excluding carboxylic acids is 1. The van der Waals surface area contributed by atoms with Crippen LogP contribution >= 0.6 is 0 Å². The van der Waals surface area contributed by atoms with Crippen LogP contribution in [0.25, 0.3) is 0 Å². The minimum Gasteiger partial charge on any atom is -0.425 e. The summed E-state index contributed by atoms with van der Waals surface area (Å²) in [6.07, 6.45) is 6.98. The first-order chi connectivity index (χ1) is 12.5. The van der Waals surface area contributed by atoms with Gasteiger partial charge in [0.15, 0.2) is 0 Å². The van der Waals surface area contributed by atoms with Gasteiger partial charge in [0.1, 0.15) is 0 Å². The molecule has 1 amide bonds. The molecular weight excluding hydrogens is 328 g/mol. The molecule has 3 rings (SSSR count). The summed E-state index contributed by atoms with van der Waals surface area (Å²) in [6, 6.07) is 4.53. The SMILES string of the molecule is Cc1cc(CC[C@@H]2CCCN2C(=O)CCc2nnc(C(C)C)o2)ccn1. The molecule has 3 heterocycles. The Kier molecular flexibility index (Phi) is 6.01. The highest BCUT2D eigenvalue weighted by Crippen LogP contribution is 2.23. The molecule has 1 aliphatic heterocycles. The second-order valence-corrected chi connectivity index (χ2v) is 7.42. The number of carbonyl (C=O) groups is 1. The molecule has 140 valence electrons. The maximum Gasteiger partial charge on any atom is 0.223 e. The average molecular weight is 356 g/mol. The van der Waals surface area contributed by atoms with Crippen LogP contribution in [0.15, 0.2) is 22.7 Å². The van der Waals surface area contributed by atoms with Crippen LogP contribution in [0.2, 0.25) is 0 Å². The van der Waals surface area contributed by atoms with Crippen molar-refractivity contribution in [1.29, 1.82) is 0 Å². The van der Waals surface area contributed by atoms with E-state index in [1.165, 1.54) is 5.56 Å². The van der Waals surface area contributed by atoms with Gasteiger partial charge in [-0.1, -0.05) is 13.8 Å². The Hall–Kier alpha value is -2.24. The van der Waals surface area contributed by atoms with E-state index in [2.05, 4.69) is 27.3 Å². The Morgan fingerprint density at radius 3 is 2.92 bits per heavy atom. The first kappa shape index (κ1) is 18.5. The number of likely N-dealkylation sites (tertiary alicyclic amines) is 1. The zero-order valence-corrected chi connectivity index (χ0v) is 15.9. The van der Waals surface area contributed by atoms with Crippen molar-refractivity contribution in [3.8, 4) is 0 Å². The molecule has 0 N–H and O–H groups in total. The second-order valence-electron chi connectivity index (χ2n) is 7.42. The van der Waals surface area contributed by atoms with Crippen molar-refractivity contribution in [2.45, 2.75) is 71.3 Å². The molecule has 26 heavy (non-hydrogen) atoms. The molecule has 0 unspecified atom stereocenters. The van der Waals surface area contributed by atoms with Crippen molar-refractivity contribution in [2.24, 2.45) is 0 Å². The third-order valence-corrected chi connectivity index (χ3v) is 4.95. The van der Waals surface area contributed by atoms with Crippen LogP contribution in [-0.2, 0) is 17.6 Å². The van der Waals surface area contributed by atoms with Gasteiger partial charge in [-0.05, 0) is 50.3 Å². The number of pyridine rings is 1. The number of nitrogens with zero attached hydrogens (tertiary/aromatic N) is 4. The predicted octanol–water partition coefficient (Wildman–Crippen LogP) is 3.45. The number of rotatable bonds is 7. The molecule has 1 fully saturated rings. The zero-order chi connectivity index (χ0) is 18.5. The van der Waals surface area contributed by atoms with E-state index >= 15 is 0 Å². The fourth-order valence-electron chi connectivity index (χ4n) is 3.52. The van der Waals surface area contributed by atoms with Crippen molar-refractivity contribution in [1.82, 2.24) is 20.1 Å². The summed E-state index contributed by atoms with van der Waals surface area (Å²) in [4.78, 5) is 19.0. The van der Waals surface area contributed by atoms with Crippen molar-refractivity contribution in [3.63, 3.8) is 0 Å². The van der Waals surface area contributed by atoms with Crippen molar-refractivity contribution < 1.29 is 9.21 Å². The van der Waals surface area contributed by atoms with Gasteiger partial charge in [0.2, 0.25) is 17.7 Å². The minimum atomic E-state index is 0.197. The number of hydrogen-bond acceptors (Lipinski definition) is 5. The molecule has 0 aromatic carbocycles. The molecule has 1 atom stereocenters. The van der Waals surface area contributed by atoms with E-state index in [9.17, 15) is 4.79 Å². The van der Waals surface area contributed by atoms with Crippen LogP contribution in [0.3, 0.4) is 0 Å². The Labute approximate surface area is 155 Å². The van der Waals surface area contributed by atoms with Gasteiger partial charge in [-0.15, -0.1) is 10.2 Å². The number of aryl methyl sites for hydroxylation is 3. The van der Waals surface area contributed by atoms with Gasteiger partial charge in [-0.3, -0.25) is 9.78 Å². The first-order valence-electron chi connectivity index (χ1n) is 9.56. The van der Waals surface area contributed by atoms with Crippen LogP contribution < -0.4 is 0 Å². The first-order valence-corrected chi connectivity index (χ1v) is 9.56. The molecule has 6 nitrogen and oxygen atoms in total. The number of aromatic nitrogens is 3. The van der Waals surface area contributed by atoms with Gasteiger partial charge in [0.25, 0.3) is 0 Å². The molecule has 0 radical (unpaired) electrons. The van der Waals surface area contributed by atoms with Crippen molar-refractivity contribution in [2.75, 3.05) is 6.54 Å². The Morgan fingerprint density at radius 1 is 1.35 bits per heavy atom. The molecule has 0 aliphatic carbocycles. The van der Waals surface area contributed by atoms with Gasteiger partial charge in [-0.25, -0.2) is 0 Å². The van der Waals surface area contributed by atoms with Gasteiger partial charge >= 0.3 is 0 Å². The maximum absolute atomic E-state index is 12.7. The highest BCUT2D eigenvalue weighted by molar-refractivity contribution is 5.77. The molecule has 6 heteroatoms. The summed E-state index contributed by atoms with van der Waals surface area (Å²) < 4.78 is 5.60. The van der Waals surface area contributed by atoms with E-state index in [1.54, 1.807) is 0 Å². The summed E-state index contributed by atoms with van der Waals surface area (Å²) in [5, 5.41) is 8.08. The topological polar surface area (TPSA) is 72.1 Å². The van der Waals surface area contributed by atoms with Crippen LogP contribution in [0.4, 0.5) is 0 Å². The molecule has 2 aromatic rings. The van der Waals surface area contributed by atoms with Crippen molar-refractivity contribution in [3.05, 3.63) is 41.4 Å². The average Bonchev–Trinajstić information content (AvgIpc) is 3.27. The molecule has 1 aliphatic rings. The summed E-state index contributed by atoms with van der Waals surface area (Å²) >= 11 is 0. The molecule has 0 saturated carbocycles. The smallest absolute Gasteiger partial charge is 0.223 e. The summed E-state index contributed by atoms with van der Waals surface area (Å²) in [6.45, 7) is 6.90. The fraction of sp³-hybridized carbons (Fsp3) is 0.600. The lowest BCUT2D eigenvalue weighted by Crippen LogP contribution is -2.36. The largest absolute Gasteiger partial charge is 0.425 e. The van der Waals surface area contributed by atoms with E-state index in [-0.39, 0.29) is 11.8 Å². The van der Waals surface area contributed by atoms with E-state index in [0.29, 0.717) is 30.7 Å². The van der Waals surface area contributed by atoms with Gasteiger partial charge in [0.05, 0.1) is 0 Å². The van der Waals surface area contributed by atoms with Crippen molar-refractivity contribution >= 4 is 5.91 Å². The molecule has 2 aromatic heterocycles. The van der Waals surface area contributed by atoms with Gasteiger partial charge in [0, 0.05) is 43.2 Å². The summed E-state index contributed by atoms with van der Waals surface area (Å²) in [5.74, 6) is 1.61. The Bertz CT molecular complexity index is 741. The Balaban J connectivity index is 1.51. The fourth-order valence-corrected chi connectivity index (χ4v) is 3.52. The third-order valence-electron chi connectivity index (χ3n) is 4.95. The third kappa shape index (κ3) is 4.68. The highest BCUT2D eigenvalue weighted by atomic mass is 16.4. The van der Waals surface area contributed by atoms with E-state index < -0.39 is 0 Å². The quantitative estimate of drug-likeness (QED) is 0.760. The standard InChI is InChI=1S/C20H28N4O2/c1-14(2)20-23-22-18(26-20)8-9-19(25)24-12-4-5-17(24)7-6-16-10-11-21-15(3)13-16/h10-11,13-14,17H,4-9,12H2,1-3H3/t17-/m0/s1. The van der Waals surface area contributed by atoms with Crippen LogP contribution in [0.1, 0.15) is 68.5 Å². The molecule has 0 bridgehead atoms. The van der Waals surface area contributed by atoms with Crippen LogP contribution in [0.5, 0.6) is 0 Å². The summed E-state index contributed by atoms with van der Waals surface area (Å²) in [5.41, 5.74) is 2.34. The zero-order valence-electron chi connectivity index (χ0n) is 15.9. The number of amides is 1. The molecule has 1 saturated heterocycles. The lowest BCUT2D eigenvalue weighted by atomic mass is 10.0. The lowest BCUT2D eigenvalue weighted by Gasteiger charge is -2.24. The second kappa shape index (κ2) is 8.43. The van der Waals surface area contributed by atoms with Gasteiger partial charge in [-0.2, -0.15) is 0 Å². The van der Waals surface area contributed by atoms with E-state index in [0.717, 1.165) is 37.9 Å². The molecule has 0 spiro atoms. The molecular formula is C20H28N4O2. The monoisotopic (exact) mass is 356 g/mol. The van der Waals surface area contributed by atoms with Crippen LogP contribution in [0, 0.1) is 6.92 Å². The maximum atomic E-state index is 12.7. The summed E-state index contributed by atoms with van der Waals surface area (Å²) in [7, 11) is 0. The number of hydrogen-bond donors (Lipinski definition) is 0. The Morgan fingerprint density at radius 2 is 2.19 bits per heavy atom. The van der Waals surface area contributed by atoms with E-state index in [1.807, 2.05) is 31.9 Å². The lowest BCUT2D eigenvalue weighted by molar-refractivity contribution is -0.132. The highest BCUT2D eigenvalue weighted by Gasteiger charge is 2.28. The van der Waals surface area contributed by atoms with Gasteiger partial charge < -0.3 is 9.32 Å².